The molecule has 0 unspecified atom stereocenters. The first kappa shape index (κ1) is 23.4. The zero-order valence-corrected chi connectivity index (χ0v) is 21.5. The lowest BCUT2D eigenvalue weighted by Crippen LogP contribution is -2.52. The Kier molecular flexibility index (Phi) is 5.53. The minimum atomic E-state index is 0.0728. The minimum Gasteiger partial charge on any atom is -0.383 e. The topological polar surface area (TPSA) is 99.9 Å². The van der Waals surface area contributed by atoms with Crippen molar-refractivity contribution in [1.29, 1.82) is 5.26 Å². The first-order valence-corrected chi connectivity index (χ1v) is 13.3. The van der Waals surface area contributed by atoms with Crippen LogP contribution in [0, 0.1) is 11.5 Å². The number of rotatable bonds is 5. The highest BCUT2D eigenvalue weighted by Gasteiger charge is 2.51. The number of benzene rings is 2. The van der Waals surface area contributed by atoms with Gasteiger partial charge in [0.05, 0.1) is 16.8 Å². The second kappa shape index (κ2) is 9.22. The quantitative estimate of drug-likeness (QED) is 0.336. The molecule has 0 radical (unpaired) electrons. The summed E-state index contributed by atoms with van der Waals surface area (Å²) in [5.41, 5.74) is 12.8. The van der Waals surface area contributed by atoms with Crippen LogP contribution < -0.4 is 5.73 Å². The minimum absolute atomic E-state index is 0.0728. The van der Waals surface area contributed by atoms with Gasteiger partial charge < -0.3 is 10.6 Å². The van der Waals surface area contributed by atoms with Crippen molar-refractivity contribution in [2.24, 2.45) is 0 Å². The Morgan fingerprint density at radius 1 is 0.897 bits per heavy atom. The Bertz CT molecular complexity index is 1700. The maximum Gasteiger partial charge on any atom is 0.179 e. The number of pyridine rings is 2. The molecule has 1 saturated heterocycles. The van der Waals surface area contributed by atoms with Crippen LogP contribution in [0.2, 0.25) is 0 Å². The number of imidazole rings is 1. The Morgan fingerprint density at radius 3 is 2.46 bits per heavy atom. The van der Waals surface area contributed by atoms with Crippen molar-refractivity contribution in [3.63, 3.8) is 0 Å². The van der Waals surface area contributed by atoms with Gasteiger partial charge in [-0.15, -0.1) is 0 Å². The van der Waals surface area contributed by atoms with Gasteiger partial charge in [-0.25, -0.2) is 15.0 Å². The fraction of sp³-hybridized carbons (Fsp3) is 0.226. The molecule has 0 atom stereocenters. The van der Waals surface area contributed by atoms with Crippen LogP contribution in [0.1, 0.15) is 18.4 Å². The number of piperazine rings is 1. The molecule has 1 aliphatic heterocycles. The van der Waals surface area contributed by atoms with Crippen LogP contribution >= 0.6 is 0 Å². The van der Waals surface area contributed by atoms with E-state index in [1.807, 2.05) is 47.4 Å². The molecule has 8 nitrogen and oxygen atoms in total. The molecule has 7 rings (SSSR count). The Morgan fingerprint density at radius 2 is 1.72 bits per heavy atom. The summed E-state index contributed by atoms with van der Waals surface area (Å²) in [6.07, 6.45) is 6.31. The number of fused-ring (bicyclic) bond motifs is 1. The van der Waals surface area contributed by atoms with E-state index in [0.717, 1.165) is 72.7 Å². The molecule has 1 aliphatic carbocycles. The van der Waals surface area contributed by atoms with Crippen molar-refractivity contribution in [2.75, 3.05) is 25.4 Å². The van der Waals surface area contributed by atoms with E-state index in [1.165, 1.54) is 5.56 Å². The summed E-state index contributed by atoms with van der Waals surface area (Å²) in [5, 5.41) is 9.48. The second-order valence-electron chi connectivity index (χ2n) is 10.5. The van der Waals surface area contributed by atoms with E-state index in [2.05, 4.69) is 57.0 Å². The maximum atomic E-state index is 9.48. The molecule has 3 aromatic heterocycles. The van der Waals surface area contributed by atoms with Gasteiger partial charge in [-0.05, 0) is 54.8 Å². The third-order valence-corrected chi connectivity index (χ3v) is 7.93. The summed E-state index contributed by atoms with van der Waals surface area (Å²) in [4.78, 5) is 18.8. The zero-order valence-electron chi connectivity index (χ0n) is 21.5. The smallest absolute Gasteiger partial charge is 0.179 e. The molecule has 1 spiro atoms. The Hall–Kier alpha value is -4.74. The number of nitrogen functional groups attached to an aromatic ring is 1. The molecule has 192 valence electrons. The van der Waals surface area contributed by atoms with Gasteiger partial charge in [-0.3, -0.25) is 9.47 Å². The molecular formula is C31H28N8. The van der Waals surface area contributed by atoms with E-state index in [-0.39, 0.29) is 5.54 Å². The fourth-order valence-electron chi connectivity index (χ4n) is 5.69. The molecule has 39 heavy (non-hydrogen) atoms. The highest BCUT2D eigenvalue weighted by molar-refractivity contribution is 5.84. The first-order valence-electron chi connectivity index (χ1n) is 13.3. The first-order chi connectivity index (χ1) is 19.1. The predicted octanol–water partition coefficient (Wildman–Crippen LogP) is 4.86. The van der Waals surface area contributed by atoms with Gasteiger partial charge >= 0.3 is 0 Å². The van der Waals surface area contributed by atoms with Crippen molar-refractivity contribution >= 4 is 17.0 Å². The third kappa shape index (κ3) is 4.17. The normalized spacial score (nSPS) is 16.4. The van der Waals surface area contributed by atoms with E-state index < -0.39 is 0 Å². The molecule has 4 heterocycles. The van der Waals surface area contributed by atoms with Gasteiger partial charge in [-0.1, -0.05) is 42.5 Å². The third-order valence-electron chi connectivity index (χ3n) is 7.93. The average Bonchev–Trinajstić information content (AvgIpc) is 3.63. The van der Waals surface area contributed by atoms with E-state index in [4.69, 9.17) is 15.7 Å². The summed E-state index contributed by atoms with van der Waals surface area (Å²) < 4.78 is 2.07. The molecule has 5 aromatic rings. The van der Waals surface area contributed by atoms with Crippen LogP contribution in [0.15, 0.2) is 85.1 Å². The lowest BCUT2D eigenvalue weighted by Gasteiger charge is -2.39. The van der Waals surface area contributed by atoms with Crippen LogP contribution in [0.5, 0.6) is 0 Å². The van der Waals surface area contributed by atoms with Gasteiger partial charge in [0.2, 0.25) is 0 Å². The predicted molar refractivity (Wildman–Crippen MR) is 152 cm³/mol. The molecule has 0 amide bonds. The number of aromatic nitrogens is 4. The van der Waals surface area contributed by atoms with Crippen molar-refractivity contribution in [3.05, 3.63) is 90.6 Å². The number of hydrogen-bond acceptors (Lipinski definition) is 7. The van der Waals surface area contributed by atoms with Crippen molar-refractivity contribution in [1.82, 2.24) is 29.3 Å². The van der Waals surface area contributed by atoms with Gasteiger partial charge in [-0.2, -0.15) is 5.26 Å². The van der Waals surface area contributed by atoms with Crippen molar-refractivity contribution < 1.29 is 0 Å². The molecular weight excluding hydrogens is 484 g/mol. The van der Waals surface area contributed by atoms with Crippen molar-refractivity contribution in [2.45, 2.75) is 24.9 Å². The van der Waals surface area contributed by atoms with Crippen LogP contribution in [0.3, 0.4) is 0 Å². The lowest BCUT2D eigenvalue weighted by atomic mass is 10.1. The van der Waals surface area contributed by atoms with Crippen molar-refractivity contribution in [3.8, 4) is 34.5 Å². The average molecular weight is 513 g/mol. The van der Waals surface area contributed by atoms with E-state index in [1.54, 1.807) is 6.20 Å². The van der Waals surface area contributed by atoms with Gasteiger partial charge in [0.1, 0.15) is 11.3 Å². The molecule has 1 saturated carbocycles. The molecule has 0 bridgehead atoms. The standard InChI is InChI=1S/C31H28N8/c32-21-38-18-17-37(20-31(38)14-15-31)19-22-8-10-24(11-9-22)39-29(25-7-4-16-34-28(25)33)36-27-13-12-26(35-30(27)39)23-5-2-1-3-6-23/h1-13,16H,14-15,17-20H2,(H2,33,34). The zero-order chi connectivity index (χ0) is 26.4. The summed E-state index contributed by atoms with van der Waals surface area (Å²) in [5.74, 6) is 1.14. The summed E-state index contributed by atoms with van der Waals surface area (Å²) >= 11 is 0. The summed E-state index contributed by atoms with van der Waals surface area (Å²) in [6.45, 7) is 3.52. The lowest BCUT2D eigenvalue weighted by molar-refractivity contribution is 0.0975. The molecule has 8 heteroatoms. The van der Waals surface area contributed by atoms with E-state index in [9.17, 15) is 5.26 Å². The number of nitrogens with zero attached hydrogens (tertiary/aromatic N) is 7. The fourth-order valence-corrected chi connectivity index (χ4v) is 5.69. The van der Waals surface area contributed by atoms with Crippen LogP contribution in [0.4, 0.5) is 5.82 Å². The van der Waals surface area contributed by atoms with E-state index >= 15 is 0 Å². The summed E-state index contributed by atoms with van der Waals surface area (Å²) in [7, 11) is 0. The van der Waals surface area contributed by atoms with Gasteiger partial charge in [0.15, 0.2) is 17.7 Å². The van der Waals surface area contributed by atoms with E-state index in [0.29, 0.717) is 11.6 Å². The number of nitriles is 1. The van der Waals surface area contributed by atoms with Gasteiger partial charge in [0, 0.05) is 43.6 Å². The maximum absolute atomic E-state index is 9.48. The Balaban J connectivity index is 1.26. The molecule has 2 aromatic carbocycles. The molecule has 2 aliphatic rings. The molecule has 2 fully saturated rings. The molecule has 2 N–H and O–H groups in total. The van der Waals surface area contributed by atoms with Crippen LogP contribution in [0.25, 0.3) is 39.5 Å². The second-order valence-corrected chi connectivity index (χ2v) is 10.5. The van der Waals surface area contributed by atoms with Crippen LogP contribution in [-0.4, -0.2) is 54.5 Å². The number of anilines is 1. The monoisotopic (exact) mass is 512 g/mol. The Labute approximate surface area is 227 Å². The summed E-state index contributed by atoms with van der Waals surface area (Å²) in [6, 6.07) is 26.6. The SMILES string of the molecule is N#CN1CCN(Cc2ccc(-n3c(-c4cccnc4N)nc4ccc(-c5ccccc5)nc43)cc2)CC12CC2. The number of nitrogens with two attached hydrogens (primary N) is 1. The highest BCUT2D eigenvalue weighted by atomic mass is 15.3. The van der Waals surface area contributed by atoms with Crippen LogP contribution in [-0.2, 0) is 6.54 Å². The number of hydrogen-bond donors (Lipinski definition) is 1. The highest BCUT2D eigenvalue weighted by Crippen LogP contribution is 2.44. The largest absolute Gasteiger partial charge is 0.383 e. The van der Waals surface area contributed by atoms with Gasteiger partial charge in [0.25, 0.3) is 0 Å².